The molecule has 3 aromatic rings. The van der Waals surface area contributed by atoms with Crippen LogP contribution in [0.25, 0.3) is 0 Å². The molecule has 0 spiro atoms. The highest BCUT2D eigenvalue weighted by molar-refractivity contribution is 7.94. The van der Waals surface area contributed by atoms with Crippen molar-refractivity contribution in [2.24, 2.45) is 0 Å². The maximum Gasteiger partial charge on any atom is 0.271 e. The van der Waals surface area contributed by atoms with Crippen LogP contribution in [0, 0.1) is 20.8 Å². The zero-order chi connectivity index (χ0) is 21.2. The number of sulfonamides is 1. The number of benzene rings is 2. The van der Waals surface area contributed by atoms with Gasteiger partial charge in [0.15, 0.2) is 0 Å². The smallest absolute Gasteiger partial charge is 0.271 e. The Kier molecular flexibility index (Phi) is 6.10. The average Bonchev–Trinajstić information content (AvgIpc) is 3.20. The second kappa shape index (κ2) is 8.39. The van der Waals surface area contributed by atoms with Crippen LogP contribution in [0.5, 0.6) is 0 Å². The number of rotatable bonds is 6. The third kappa shape index (κ3) is 4.86. The molecule has 5 nitrogen and oxygen atoms in total. The first kappa shape index (κ1) is 21.1. The molecule has 0 radical (unpaired) electrons. The molecule has 0 saturated heterocycles. The average molecular weight is 429 g/mol. The zero-order valence-electron chi connectivity index (χ0n) is 16.8. The van der Waals surface area contributed by atoms with Gasteiger partial charge in [0.05, 0.1) is 6.04 Å². The van der Waals surface area contributed by atoms with E-state index in [0.29, 0.717) is 11.3 Å². The van der Waals surface area contributed by atoms with Crippen LogP contribution in [0.1, 0.15) is 45.6 Å². The highest BCUT2D eigenvalue weighted by Gasteiger charge is 2.17. The number of amides is 1. The van der Waals surface area contributed by atoms with E-state index >= 15 is 0 Å². The Morgan fingerprint density at radius 1 is 0.966 bits per heavy atom. The van der Waals surface area contributed by atoms with Gasteiger partial charge in [0.25, 0.3) is 15.9 Å². The fourth-order valence-electron chi connectivity index (χ4n) is 3.12. The highest BCUT2D eigenvalue weighted by atomic mass is 32.2. The Balaban J connectivity index is 1.70. The van der Waals surface area contributed by atoms with Gasteiger partial charge in [-0.2, -0.15) is 0 Å². The first-order chi connectivity index (χ1) is 13.7. The number of carbonyl (C=O) groups is 1. The minimum absolute atomic E-state index is 0.140. The van der Waals surface area contributed by atoms with E-state index in [4.69, 9.17) is 0 Å². The van der Waals surface area contributed by atoms with Gasteiger partial charge in [-0.3, -0.25) is 9.52 Å². The van der Waals surface area contributed by atoms with Gasteiger partial charge in [-0.15, -0.1) is 11.3 Å². The van der Waals surface area contributed by atoms with Crippen LogP contribution >= 0.6 is 11.3 Å². The summed E-state index contributed by atoms with van der Waals surface area (Å²) >= 11 is 1.15. The van der Waals surface area contributed by atoms with Gasteiger partial charge in [-0.05, 0) is 85.7 Å². The second-order valence-electron chi connectivity index (χ2n) is 7.10. The van der Waals surface area contributed by atoms with E-state index in [0.717, 1.165) is 22.5 Å². The van der Waals surface area contributed by atoms with Crippen LogP contribution < -0.4 is 10.0 Å². The van der Waals surface area contributed by atoms with Crippen LogP contribution in [0.4, 0.5) is 5.69 Å². The van der Waals surface area contributed by atoms with Gasteiger partial charge in [0, 0.05) is 11.3 Å². The van der Waals surface area contributed by atoms with Crippen molar-refractivity contribution >= 4 is 33.0 Å². The molecule has 1 atom stereocenters. The molecule has 1 heterocycles. The summed E-state index contributed by atoms with van der Waals surface area (Å²) in [5, 5.41) is 4.72. The fraction of sp³-hybridized carbons (Fsp3) is 0.227. The molecule has 1 amide bonds. The van der Waals surface area contributed by atoms with Gasteiger partial charge < -0.3 is 5.32 Å². The first-order valence-corrected chi connectivity index (χ1v) is 11.6. The molecule has 152 valence electrons. The third-order valence-corrected chi connectivity index (χ3v) is 7.63. The number of carbonyl (C=O) groups excluding carboxylic acids is 1. The van der Waals surface area contributed by atoms with Crippen molar-refractivity contribution in [1.29, 1.82) is 0 Å². The van der Waals surface area contributed by atoms with Crippen LogP contribution in [0.3, 0.4) is 0 Å². The molecule has 1 aromatic heterocycles. The monoisotopic (exact) mass is 428 g/mol. The maximum atomic E-state index is 12.6. The maximum absolute atomic E-state index is 12.6. The van der Waals surface area contributed by atoms with E-state index < -0.39 is 10.0 Å². The van der Waals surface area contributed by atoms with Crippen molar-refractivity contribution < 1.29 is 13.2 Å². The molecule has 0 bridgehead atoms. The quantitative estimate of drug-likeness (QED) is 0.582. The van der Waals surface area contributed by atoms with Crippen molar-refractivity contribution in [2.45, 2.75) is 37.9 Å². The summed E-state index contributed by atoms with van der Waals surface area (Å²) in [5.74, 6) is -0.206. The lowest BCUT2D eigenvalue weighted by Crippen LogP contribution is -2.27. The van der Waals surface area contributed by atoms with Crippen molar-refractivity contribution in [3.8, 4) is 0 Å². The van der Waals surface area contributed by atoms with Gasteiger partial charge >= 0.3 is 0 Å². The summed E-state index contributed by atoms with van der Waals surface area (Å²) in [7, 11) is -3.60. The standard InChI is InChI=1S/C22H24N2O3S2/c1-14-12-16(3)20(13-15(14)2)17(4)23-22(25)18-7-9-19(10-8-18)24-29(26,27)21-6-5-11-28-21/h5-13,17,24H,1-4H3,(H,23,25)/t17-/m1/s1. The van der Waals surface area contributed by atoms with Gasteiger partial charge in [-0.1, -0.05) is 18.2 Å². The number of hydrogen-bond donors (Lipinski definition) is 2. The Morgan fingerprint density at radius 3 is 2.24 bits per heavy atom. The lowest BCUT2D eigenvalue weighted by atomic mass is 9.96. The van der Waals surface area contributed by atoms with E-state index in [1.807, 2.05) is 13.8 Å². The fourth-order valence-corrected chi connectivity index (χ4v) is 5.17. The lowest BCUT2D eigenvalue weighted by Gasteiger charge is -2.18. The Labute approximate surface area is 175 Å². The number of hydrogen-bond acceptors (Lipinski definition) is 4. The van der Waals surface area contributed by atoms with Crippen LogP contribution in [-0.2, 0) is 10.0 Å². The van der Waals surface area contributed by atoms with Crippen molar-refractivity contribution in [3.05, 3.63) is 81.7 Å². The molecular weight excluding hydrogens is 404 g/mol. The molecule has 0 saturated carbocycles. The minimum atomic E-state index is -3.60. The predicted molar refractivity (Wildman–Crippen MR) is 118 cm³/mol. The Morgan fingerprint density at radius 2 is 1.62 bits per heavy atom. The number of nitrogens with one attached hydrogen (secondary N) is 2. The molecule has 2 N–H and O–H groups in total. The normalized spacial score (nSPS) is 12.4. The molecule has 0 unspecified atom stereocenters. The molecular formula is C22H24N2O3S2. The molecule has 29 heavy (non-hydrogen) atoms. The molecule has 0 aliphatic rings. The number of anilines is 1. The summed E-state index contributed by atoms with van der Waals surface area (Å²) in [6, 6.07) is 13.7. The van der Waals surface area contributed by atoms with E-state index in [-0.39, 0.29) is 16.2 Å². The van der Waals surface area contributed by atoms with E-state index in [1.165, 1.54) is 11.1 Å². The zero-order valence-corrected chi connectivity index (χ0v) is 18.4. The summed E-state index contributed by atoms with van der Waals surface area (Å²) in [6.07, 6.45) is 0. The summed E-state index contributed by atoms with van der Waals surface area (Å²) in [5.41, 5.74) is 5.52. The largest absolute Gasteiger partial charge is 0.346 e. The van der Waals surface area contributed by atoms with Gasteiger partial charge in [0.1, 0.15) is 4.21 Å². The molecule has 3 rings (SSSR count). The summed E-state index contributed by atoms with van der Waals surface area (Å²) in [6.45, 7) is 8.13. The Hall–Kier alpha value is -2.64. The summed E-state index contributed by atoms with van der Waals surface area (Å²) < 4.78 is 27.3. The SMILES string of the molecule is Cc1cc(C)c([C@@H](C)NC(=O)c2ccc(NS(=O)(=O)c3cccs3)cc2)cc1C. The van der Waals surface area contributed by atoms with Crippen molar-refractivity contribution in [3.63, 3.8) is 0 Å². The topological polar surface area (TPSA) is 75.3 Å². The molecule has 7 heteroatoms. The van der Waals surface area contributed by atoms with E-state index in [9.17, 15) is 13.2 Å². The molecule has 0 aliphatic carbocycles. The molecule has 0 aliphatic heterocycles. The van der Waals surface area contributed by atoms with E-state index in [2.05, 4.69) is 36.0 Å². The number of aryl methyl sites for hydroxylation is 3. The highest BCUT2D eigenvalue weighted by Crippen LogP contribution is 2.23. The van der Waals surface area contributed by atoms with Crippen LogP contribution in [-0.4, -0.2) is 14.3 Å². The van der Waals surface area contributed by atoms with E-state index in [1.54, 1.807) is 41.8 Å². The van der Waals surface area contributed by atoms with Crippen LogP contribution in [0.15, 0.2) is 58.1 Å². The molecule has 2 aromatic carbocycles. The van der Waals surface area contributed by atoms with Crippen molar-refractivity contribution in [1.82, 2.24) is 5.32 Å². The first-order valence-electron chi connectivity index (χ1n) is 9.22. The van der Waals surface area contributed by atoms with Crippen LogP contribution in [0.2, 0.25) is 0 Å². The van der Waals surface area contributed by atoms with Crippen molar-refractivity contribution in [2.75, 3.05) is 4.72 Å². The van der Waals surface area contributed by atoms with Gasteiger partial charge in [0.2, 0.25) is 0 Å². The second-order valence-corrected chi connectivity index (χ2v) is 9.96. The predicted octanol–water partition coefficient (Wildman–Crippen LogP) is 4.97. The van der Waals surface area contributed by atoms with Gasteiger partial charge in [-0.25, -0.2) is 8.42 Å². The summed E-state index contributed by atoms with van der Waals surface area (Å²) in [4.78, 5) is 12.6. The Bertz CT molecular complexity index is 1120. The minimum Gasteiger partial charge on any atom is -0.346 e. The third-order valence-electron chi connectivity index (χ3n) is 4.86. The molecule has 0 fully saturated rings. The lowest BCUT2D eigenvalue weighted by molar-refractivity contribution is 0.0940. The number of thiophene rings is 1.